The lowest BCUT2D eigenvalue weighted by atomic mass is 9.84. The van der Waals surface area contributed by atoms with Crippen molar-refractivity contribution >= 4 is 11.7 Å². The minimum atomic E-state index is -1.66. The minimum absolute atomic E-state index is 0.129. The predicted octanol–water partition coefficient (Wildman–Crippen LogP) is 0.955. The Morgan fingerprint density at radius 1 is 1.61 bits per heavy atom. The van der Waals surface area contributed by atoms with Gasteiger partial charge in [0.2, 0.25) is 0 Å². The van der Waals surface area contributed by atoms with Gasteiger partial charge in [-0.1, -0.05) is 5.16 Å². The number of carbonyl (C=O) groups is 1. The molecule has 0 fully saturated rings. The van der Waals surface area contributed by atoms with Gasteiger partial charge in [0.15, 0.2) is 11.5 Å². The predicted molar refractivity (Wildman–Crippen MR) is 62.5 cm³/mol. The van der Waals surface area contributed by atoms with E-state index in [0.29, 0.717) is 25.2 Å². The highest BCUT2D eigenvalue weighted by Crippen LogP contribution is 2.41. The fourth-order valence-electron chi connectivity index (χ4n) is 2.21. The van der Waals surface area contributed by atoms with Crippen LogP contribution in [0.5, 0.6) is 0 Å². The summed E-state index contributed by atoms with van der Waals surface area (Å²) in [6.45, 7) is 4.21. The van der Waals surface area contributed by atoms with Crippen LogP contribution < -0.4 is 0 Å². The molecule has 2 rings (SSSR count). The first kappa shape index (κ1) is 12.9. The van der Waals surface area contributed by atoms with Crippen LogP contribution in [0.1, 0.15) is 26.7 Å². The molecule has 0 amide bonds. The second-order valence-corrected chi connectivity index (χ2v) is 4.12. The average Bonchev–Trinajstić information content (AvgIpc) is 2.69. The Balaban J connectivity index is 2.19. The van der Waals surface area contributed by atoms with Crippen LogP contribution in [0.2, 0.25) is 0 Å². The summed E-state index contributed by atoms with van der Waals surface area (Å²) in [6, 6.07) is 0. The number of oxime groups is 1. The average molecular weight is 255 g/mol. The first-order valence-electron chi connectivity index (χ1n) is 6.12. The molecule has 2 atom stereocenters. The van der Waals surface area contributed by atoms with Gasteiger partial charge in [-0.05, 0) is 32.8 Å². The van der Waals surface area contributed by atoms with Crippen LogP contribution in [0.3, 0.4) is 0 Å². The molecule has 1 heterocycles. The van der Waals surface area contributed by atoms with Crippen molar-refractivity contribution in [1.82, 2.24) is 0 Å². The van der Waals surface area contributed by atoms with E-state index in [4.69, 9.17) is 14.3 Å². The van der Waals surface area contributed by atoms with Gasteiger partial charge in [-0.15, -0.1) is 0 Å². The zero-order chi connectivity index (χ0) is 13.2. The van der Waals surface area contributed by atoms with Crippen LogP contribution in [0.15, 0.2) is 17.0 Å². The fourth-order valence-corrected chi connectivity index (χ4v) is 2.21. The maximum absolute atomic E-state index is 11.7. The van der Waals surface area contributed by atoms with Gasteiger partial charge in [0.05, 0.1) is 19.1 Å². The topological polar surface area (TPSA) is 77.4 Å². The lowest BCUT2D eigenvalue weighted by Gasteiger charge is -2.32. The van der Waals surface area contributed by atoms with Crippen molar-refractivity contribution in [2.45, 2.75) is 32.5 Å². The van der Waals surface area contributed by atoms with E-state index in [1.54, 1.807) is 13.0 Å². The van der Waals surface area contributed by atoms with E-state index in [1.165, 1.54) is 0 Å². The zero-order valence-corrected chi connectivity index (χ0v) is 10.5. The molecule has 18 heavy (non-hydrogen) atoms. The summed E-state index contributed by atoms with van der Waals surface area (Å²) in [5.74, 6) is -2.40. The molecule has 100 valence electrons. The quantitative estimate of drug-likeness (QED) is 0.757. The highest BCUT2D eigenvalue weighted by Gasteiger charge is 2.55. The summed E-state index contributed by atoms with van der Waals surface area (Å²) in [7, 11) is 0. The van der Waals surface area contributed by atoms with Gasteiger partial charge in [-0.25, -0.2) is 4.79 Å². The Morgan fingerprint density at radius 3 is 3.06 bits per heavy atom. The summed E-state index contributed by atoms with van der Waals surface area (Å²) >= 11 is 0. The smallest absolute Gasteiger partial charge is 0.356 e. The van der Waals surface area contributed by atoms with E-state index >= 15 is 0 Å². The molecule has 0 saturated carbocycles. The molecule has 1 aliphatic heterocycles. The van der Waals surface area contributed by atoms with Gasteiger partial charge >= 0.3 is 11.8 Å². The van der Waals surface area contributed by atoms with Crippen molar-refractivity contribution in [3.8, 4) is 0 Å². The maximum Gasteiger partial charge on any atom is 0.356 e. The molecule has 0 saturated heterocycles. The second kappa shape index (κ2) is 4.97. The van der Waals surface area contributed by atoms with Crippen molar-refractivity contribution in [1.29, 1.82) is 0 Å². The summed E-state index contributed by atoms with van der Waals surface area (Å²) in [5, 5.41) is 14.1. The number of nitrogens with zero attached hydrogens (tertiary/aromatic N) is 1. The van der Waals surface area contributed by atoms with Crippen LogP contribution >= 0.6 is 0 Å². The molecule has 0 aromatic carbocycles. The summed E-state index contributed by atoms with van der Waals surface area (Å²) in [4.78, 5) is 16.7. The third-order valence-corrected chi connectivity index (χ3v) is 3.01. The molecule has 0 radical (unpaired) electrons. The molecule has 0 aromatic rings. The zero-order valence-electron chi connectivity index (χ0n) is 10.5. The molecule has 1 N–H and O–H groups in total. The Labute approximate surface area is 105 Å². The van der Waals surface area contributed by atoms with Crippen LogP contribution in [0, 0.1) is 5.92 Å². The summed E-state index contributed by atoms with van der Waals surface area (Å²) in [5.41, 5.74) is 0.129. The number of rotatable bonds is 4. The van der Waals surface area contributed by atoms with Crippen molar-refractivity contribution in [3.05, 3.63) is 11.8 Å². The number of hydrogen-bond donors (Lipinski definition) is 1. The van der Waals surface area contributed by atoms with Crippen molar-refractivity contribution in [2.75, 3.05) is 13.2 Å². The van der Waals surface area contributed by atoms with Crippen molar-refractivity contribution in [3.63, 3.8) is 0 Å². The highest BCUT2D eigenvalue weighted by atomic mass is 16.8. The lowest BCUT2D eigenvalue weighted by Crippen LogP contribution is -2.45. The standard InChI is InChI=1S/C12H17NO5/c1-3-16-9-7-5-6-8-10(11(14)17-4-2)13-18-12(8,9)15/h7-8,15H,3-6H2,1-2H3. The van der Waals surface area contributed by atoms with Gasteiger partial charge < -0.3 is 19.4 Å². The van der Waals surface area contributed by atoms with E-state index < -0.39 is 17.7 Å². The maximum atomic E-state index is 11.7. The lowest BCUT2D eigenvalue weighted by molar-refractivity contribution is -0.208. The first-order chi connectivity index (χ1) is 8.63. The summed E-state index contributed by atoms with van der Waals surface area (Å²) in [6.07, 6.45) is 3.04. The molecule has 0 spiro atoms. The number of hydrogen-bond acceptors (Lipinski definition) is 6. The van der Waals surface area contributed by atoms with E-state index in [0.717, 1.165) is 0 Å². The van der Waals surface area contributed by atoms with Gasteiger partial charge in [-0.2, -0.15) is 0 Å². The van der Waals surface area contributed by atoms with Gasteiger partial charge in [0.25, 0.3) is 0 Å². The minimum Gasteiger partial charge on any atom is -0.491 e. The van der Waals surface area contributed by atoms with Gasteiger partial charge in [0, 0.05) is 0 Å². The fraction of sp³-hybridized carbons (Fsp3) is 0.667. The molecule has 6 nitrogen and oxygen atoms in total. The number of ether oxygens (including phenoxy) is 2. The molecular formula is C12H17NO5. The van der Waals surface area contributed by atoms with Crippen LogP contribution in [0.25, 0.3) is 0 Å². The largest absolute Gasteiger partial charge is 0.491 e. The van der Waals surface area contributed by atoms with Gasteiger partial charge in [-0.3, -0.25) is 0 Å². The number of carbonyl (C=O) groups excluding carboxylic acids is 1. The Morgan fingerprint density at radius 2 is 2.39 bits per heavy atom. The van der Waals surface area contributed by atoms with E-state index in [2.05, 4.69) is 5.16 Å². The molecule has 0 bridgehead atoms. The van der Waals surface area contributed by atoms with Crippen LogP contribution in [-0.2, 0) is 19.1 Å². The molecule has 0 aromatic heterocycles. The number of allylic oxidation sites excluding steroid dienone is 1. The summed E-state index contributed by atoms with van der Waals surface area (Å²) < 4.78 is 10.2. The van der Waals surface area contributed by atoms with Crippen LogP contribution in [0.4, 0.5) is 0 Å². The van der Waals surface area contributed by atoms with Crippen molar-refractivity contribution in [2.24, 2.45) is 11.1 Å². The number of fused-ring (bicyclic) bond motifs is 1. The van der Waals surface area contributed by atoms with E-state index in [9.17, 15) is 9.90 Å². The first-order valence-corrected chi connectivity index (χ1v) is 6.12. The van der Waals surface area contributed by atoms with Gasteiger partial charge in [0.1, 0.15) is 0 Å². The van der Waals surface area contributed by atoms with E-state index in [-0.39, 0.29) is 12.3 Å². The Hall–Kier alpha value is -1.56. The second-order valence-electron chi connectivity index (χ2n) is 4.12. The third kappa shape index (κ3) is 1.96. The number of esters is 1. The monoisotopic (exact) mass is 255 g/mol. The molecule has 6 heteroatoms. The molecule has 2 aliphatic rings. The third-order valence-electron chi connectivity index (χ3n) is 3.01. The normalized spacial score (nSPS) is 29.8. The van der Waals surface area contributed by atoms with E-state index in [1.807, 2.05) is 6.92 Å². The molecule has 2 unspecified atom stereocenters. The highest BCUT2D eigenvalue weighted by molar-refractivity contribution is 6.37. The molecule has 1 aliphatic carbocycles. The van der Waals surface area contributed by atoms with Crippen molar-refractivity contribution < 1.29 is 24.2 Å². The molecular weight excluding hydrogens is 238 g/mol. The Kier molecular flexibility index (Phi) is 3.56. The Bertz CT molecular complexity index is 403. The van der Waals surface area contributed by atoms with Crippen LogP contribution in [-0.4, -0.2) is 35.8 Å². The number of aliphatic hydroxyl groups is 1. The SMILES string of the molecule is CCOC(=O)C1=NOC2(O)C(OCC)=CCCC12.